The number of piperazine rings is 1. The van der Waals surface area contributed by atoms with Crippen LogP contribution >= 0.6 is 15.9 Å². The van der Waals surface area contributed by atoms with Crippen molar-refractivity contribution in [3.8, 4) is 0 Å². The van der Waals surface area contributed by atoms with Crippen LogP contribution < -0.4 is 4.90 Å². The molecule has 1 aromatic rings. The number of hydrogen-bond donors (Lipinski definition) is 0. The molecule has 118 valence electrons. The average Bonchev–Trinajstić information content (AvgIpc) is 2.42. The van der Waals surface area contributed by atoms with Crippen molar-refractivity contribution < 1.29 is 13.2 Å². The van der Waals surface area contributed by atoms with Gasteiger partial charge in [0, 0.05) is 36.2 Å². The van der Waals surface area contributed by atoms with E-state index >= 15 is 0 Å². The summed E-state index contributed by atoms with van der Waals surface area (Å²) in [5.41, 5.74) is 0.392. The summed E-state index contributed by atoms with van der Waals surface area (Å²) < 4.78 is 40.0. The number of nitrogens with zero attached hydrogens (tertiary/aromatic N) is 2. The molecule has 2 atom stereocenters. The lowest BCUT2D eigenvalue weighted by Crippen LogP contribution is -2.55. The predicted molar refractivity (Wildman–Crippen MR) is 83.0 cm³/mol. The van der Waals surface area contributed by atoms with Gasteiger partial charge in [-0.3, -0.25) is 4.90 Å². The second-order valence-electron chi connectivity index (χ2n) is 5.75. The summed E-state index contributed by atoms with van der Waals surface area (Å²) in [5.74, 6) is 0. The highest BCUT2D eigenvalue weighted by Gasteiger charge is 2.37. The minimum Gasteiger partial charge on any atom is -0.368 e. The summed E-state index contributed by atoms with van der Waals surface area (Å²) in [7, 11) is 2.02. The molecule has 0 saturated carbocycles. The van der Waals surface area contributed by atoms with E-state index in [0.717, 1.165) is 0 Å². The number of hydrogen-bond acceptors (Lipinski definition) is 2. The van der Waals surface area contributed by atoms with E-state index in [-0.39, 0.29) is 12.1 Å². The van der Waals surface area contributed by atoms with Crippen molar-refractivity contribution >= 4 is 21.6 Å². The topological polar surface area (TPSA) is 6.48 Å². The Bertz CT molecular complexity index is 492. The molecule has 1 heterocycles. The van der Waals surface area contributed by atoms with E-state index in [4.69, 9.17) is 0 Å². The Morgan fingerprint density at radius 1 is 1.19 bits per heavy atom. The molecule has 1 saturated heterocycles. The van der Waals surface area contributed by atoms with Crippen LogP contribution in [0.4, 0.5) is 18.9 Å². The number of rotatable bonds is 2. The summed E-state index contributed by atoms with van der Waals surface area (Å²) >= 11 is 3.22. The molecular formula is C15H20BrF3N2. The highest BCUT2D eigenvalue weighted by Crippen LogP contribution is 2.38. The van der Waals surface area contributed by atoms with E-state index in [2.05, 4.69) is 20.8 Å². The maximum absolute atomic E-state index is 13.3. The smallest absolute Gasteiger partial charge is 0.368 e. The Kier molecular flexibility index (Phi) is 4.88. The molecule has 2 nitrogen and oxygen atoms in total. The molecule has 2 unspecified atom stereocenters. The Balaban J connectivity index is 2.39. The second-order valence-corrected chi connectivity index (χ2v) is 6.31. The van der Waals surface area contributed by atoms with Crippen molar-refractivity contribution in [1.82, 2.24) is 4.90 Å². The molecule has 0 aromatic heterocycles. The molecule has 1 aliphatic heterocycles. The predicted octanol–water partition coefficient (Wildman–Crippen LogP) is 4.13. The van der Waals surface area contributed by atoms with Crippen LogP contribution in [0, 0.1) is 0 Å². The first kappa shape index (κ1) is 16.6. The van der Waals surface area contributed by atoms with Gasteiger partial charge in [-0.25, -0.2) is 0 Å². The summed E-state index contributed by atoms with van der Waals surface area (Å²) in [6.07, 6.45) is -4.33. The highest BCUT2D eigenvalue weighted by molar-refractivity contribution is 9.08. The fraction of sp³-hybridized carbons (Fsp3) is 0.600. The van der Waals surface area contributed by atoms with E-state index in [0.29, 0.717) is 29.7 Å². The quantitative estimate of drug-likeness (QED) is 0.728. The van der Waals surface area contributed by atoms with Crippen LogP contribution in [0.15, 0.2) is 18.2 Å². The fourth-order valence-electron chi connectivity index (χ4n) is 2.77. The third-order valence-electron chi connectivity index (χ3n) is 4.22. The van der Waals surface area contributed by atoms with Gasteiger partial charge in [0.2, 0.25) is 0 Å². The van der Waals surface area contributed by atoms with Crippen LogP contribution in [0.2, 0.25) is 0 Å². The van der Waals surface area contributed by atoms with E-state index in [1.165, 1.54) is 6.07 Å². The minimum absolute atomic E-state index is 0.227. The van der Waals surface area contributed by atoms with E-state index in [1.54, 1.807) is 12.1 Å². The molecule has 0 spiro atoms. The molecule has 6 heteroatoms. The van der Waals surface area contributed by atoms with Crippen molar-refractivity contribution in [2.24, 2.45) is 0 Å². The molecule has 0 bridgehead atoms. The standard InChI is InChI=1S/C15H20BrF3N2/c1-10-8-21(9-11(2)20(10)3)14-5-4-12(7-16)6-13(14)15(17,18)19/h4-6,10-11H,7-9H2,1-3H3. The summed E-state index contributed by atoms with van der Waals surface area (Å²) in [4.78, 5) is 4.06. The Labute approximate surface area is 132 Å². The van der Waals surface area contributed by atoms with Gasteiger partial charge in [-0.05, 0) is 38.6 Å². The van der Waals surface area contributed by atoms with Gasteiger partial charge >= 0.3 is 6.18 Å². The molecule has 0 radical (unpaired) electrons. The fourth-order valence-corrected chi connectivity index (χ4v) is 3.12. The van der Waals surface area contributed by atoms with Crippen LogP contribution in [0.5, 0.6) is 0 Å². The van der Waals surface area contributed by atoms with E-state index in [1.807, 2.05) is 25.8 Å². The van der Waals surface area contributed by atoms with Gasteiger partial charge in [0.25, 0.3) is 0 Å². The molecular weight excluding hydrogens is 345 g/mol. The van der Waals surface area contributed by atoms with Gasteiger partial charge in [0.15, 0.2) is 0 Å². The van der Waals surface area contributed by atoms with Crippen molar-refractivity contribution in [1.29, 1.82) is 0 Å². The van der Waals surface area contributed by atoms with Gasteiger partial charge < -0.3 is 4.90 Å². The molecule has 0 amide bonds. The van der Waals surface area contributed by atoms with Crippen molar-refractivity contribution in [2.45, 2.75) is 37.4 Å². The molecule has 0 aliphatic carbocycles. The van der Waals surface area contributed by atoms with Crippen molar-refractivity contribution in [2.75, 3.05) is 25.0 Å². The van der Waals surface area contributed by atoms with Crippen molar-refractivity contribution in [3.05, 3.63) is 29.3 Å². The summed E-state index contributed by atoms with van der Waals surface area (Å²) in [5, 5.41) is 0.423. The third kappa shape index (κ3) is 3.54. The minimum atomic E-state index is -4.33. The van der Waals surface area contributed by atoms with Crippen molar-refractivity contribution in [3.63, 3.8) is 0 Å². The Morgan fingerprint density at radius 2 is 1.76 bits per heavy atom. The maximum atomic E-state index is 13.3. The molecule has 1 fully saturated rings. The lowest BCUT2D eigenvalue weighted by molar-refractivity contribution is -0.137. The number of anilines is 1. The first-order valence-corrected chi connectivity index (χ1v) is 8.09. The van der Waals surface area contributed by atoms with Gasteiger partial charge in [-0.2, -0.15) is 13.2 Å². The van der Waals surface area contributed by atoms with Crippen LogP contribution in [0.25, 0.3) is 0 Å². The molecule has 21 heavy (non-hydrogen) atoms. The van der Waals surface area contributed by atoms with Gasteiger partial charge in [-0.15, -0.1) is 0 Å². The van der Waals surface area contributed by atoms with Gasteiger partial charge in [0.05, 0.1) is 5.56 Å². The van der Waals surface area contributed by atoms with Crippen LogP contribution in [-0.4, -0.2) is 37.1 Å². The number of likely N-dealkylation sites (N-methyl/N-ethyl adjacent to an activating group) is 1. The summed E-state index contributed by atoms with van der Waals surface area (Å²) in [6, 6.07) is 5.06. The zero-order valence-electron chi connectivity index (χ0n) is 12.4. The Morgan fingerprint density at radius 3 is 2.24 bits per heavy atom. The molecule has 1 aromatic carbocycles. The number of alkyl halides is 4. The zero-order valence-corrected chi connectivity index (χ0v) is 14.0. The SMILES string of the molecule is CC1CN(c2ccc(CBr)cc2C(F)(F)F)CC(C)N1C. The zero-order chi connectivity index (χ0) is 15.8. The normalized spacial score (nSPS) is 24.4. The number of halogens is 4. The van der Waals surface area contributed by atoms with Crippen LogP contribution in [0.1, 0.15) is 25.0 Å². The third-order valence-corrected chi connectivity index (χ3v) is 4.87. The second kappa shape index (κ2) is 6.16. The molecule has 2 rings (SSSR count). The van der Waals surface area contributed by atoms with E-state index < -0.39 is 11.7 Å². The lowest BCUT2D eigenvalue weighted by Gasteiger charge is -2.44. The first-order chi connectivity index (χ1) is 9.74. The number of benzene rings is 1. The maximum Gasteiger partial charge on any atom is 0.418 e. The van der Waals surface area contributed by atoms with E-state index in [9.17, 15) is 13.2 Å². The van der Waals surface area contributed by atoms with Gasteiger partial charge in [0.1, 0.15) is 0 Å². The lowest BCUT2D eigenvalue weighted by atomic mass is 10.0. The largest absolute Gasteiger partial charge is 0.418 e. The van der Waals surface area contributed by atoms with Crippen LogP contribution in [0.3, 0.4) is 0 Å². The highest BCUT2D eigenvalue weighted by atomic mass is 79.9. The van der Waals surface area contributed by atoms with Gasteiger partial charge in [-0.1, -0.05) is 22.0 Å². The monoisotopic (exact) mass is 364 g/mol. The summed E-state index contributed by atoms with van der Waals surface area (Å²) in [6.45, 7) is 5.31. The molecule has 0 N–H and O–H groups in total. The molecule has 1 aliphatic rings. The van der Waals surface area contributed by atoms with Crippen LogP contribution in [-0.2, 0) is 11.5 Å². The average molecular weight is 365 g/mol. The Hall–Kier alpha value is -0.750. The first-order valence-electron chi connectivity index (χ1n) is 6.97.